The van der Waals surface area contributed by atoms with Crippen LogP contribution in [0.25, 0.3) is 0 Å². The molecule has 0 bridgehead atoms. The molecule has 0 N–H and O–H groups in total. The van der Waals surface area contributed by atoms with E-state index in [1.54, 1.807) is 0 Å². The van der Waals surface area contributed by atoms with Crippen molar-refractivity contribution in [3.8, 4) is 11.5 Å². The second kappa shape index (κ2) is 62.8. The number of ether oxygens (including phenoxy) is 3. The molecule has 430 valence electrons. The molecule has 0 aliphatic carbocycles. The highest BCUT2D eigenvalue weighted by atomic mass is 35.5. The van der Waals surface area contributed by atoms with E-state index in [1.165, 1.54) is 289 Å². The molecule has 72 heavy (non-hydrogen) atoms. The summed E-state index contributed by atoms with van der Waals surface area (Å²) in [6.45, 7) is 19.7. The molecule has 0 amide bonds. The Morgan fingerprint density at radius 2 is 0.569 bits per heavy atom. The van der Waals surface area contributed by atoms with Crippen LogP contribution in [0.1, 0.15) is 317 Å². The maximum Gasteiger partial charge on any atom is 0.119 e. The first kappa shape index (κ1) is 73.4. The number of nitrogens with zero attached hydrogens (tertiary/aromatic N) is 2. The summed E-state index contributed by atoms with van der Waals surface area (Å²) in [5.41, 5.74) is 0. The van der Waals surface area contributed by atoms with E-state index in [0.29, 0.717) is 0 Å². The Hall–Kier alpha value is -0.720. The van der Waals surface area contributed by atoms with E-state index in [4.69, 9.17) is 14.2 Å². The summed E-state index contributed by atoms with van der Waals surface area (Å²) < 4.78 is 16.7. The van der Waals surface area contributed by atoms with Crippen LogP contribution in [0.3, 0.4) is 0 Å². The Balaban J connectivity index is 0. The van der Waals surface area contributed by atoms with E-state index in [0.717, 1.165) is 76.8 Å². The quantitative estimate of drug-likeness (QED) is 0.0608. The van der Waals surface area contributed by atoms with Crippen LogP contribution in [0.4, 0.5) is 0 Å². The zero-order valence-corrected chi connectivity index (χ0v) is 50.8. The van der Waals surface area contributed by atoms with Gasteiger partial charge in [0, 0.05) is 19.6 Å². The van der Waals surface area contributed by atoms with Gasteiger partial charge in [-0.1, -0.05) is 285 Å². The first-order chi connectivity index (χ1) is 34.7. The van der Waals surface area contributed by atoms with Gasteiger partial charge in [-0.3, -0.25) is 4.90 Å². The maximum atomic E-state index is 5.76. The van der Waals surface area contributed by atoms with Crippen LogP contribution >= 0.6 is 24.8 Å². The zero-order chi connectivity index (χ0) is 50.2. The second-order valence-electron chi connectivity index (χ2n) is 22.0. The summed E-state index contributed by atoms with van der Waals surface area (Å²) in [5, 5.41) is 0. The second-order valence-corrected chi connectivity index (χ2v) is 22.0. The number of benzene rings is 1. The first-order valence-electron chi connectivity index (χ1n) is 32.1. The molecule has 1 aromatic carbocycles. The van der Waals surface area contributed by atoms with Crippen molar-refractivity contribution in [2.45, 2.75) is 317 Å². The molecule has 0 saturated carbocycles. The molecule has 1 aliphatic rings. The van der Waals surface area contributed by atoms with Gasteiger partial charge < -0.3 is 19.1 Å². The van der Waals surface area contributed by atoms with Gasteiger partial charge in [-0.2, -0.15) is 0 Å². The fourth-order valence-corrected chi connectivity index (χ4v) is 10.2. The molecule has 0 radical (unpaired) electrons. The number of hydrogen-bond donors (Lipinski definition) is 0. The maximum absolute atomic E-state index is 5.76. The van der Waals surface area contributed by atoms with E-state index in [9.17, 15) is 0 Å². The lowest BCUT2D eigenvalue weighted by molar-refractivity contribution is 0.0358. The minimum Gasteiger partial charge on any atom is -0.494 e. The molecular formula is C65H128Cl2N2O3. The van der Waals surface area contributed by atoms with Gasteiger partial charge in [0.1, 0.15) is 11.5 Å². The predicted molar refractivity (Wildman–Crippen MR) is 326 cm³/mol. The predicted octanol–water partition coefficient (Wildman–Crippen LogP) is 21.5. The third-order valence-corrected chi connectivity index (χ3v) is 15.1. The molecule has 5 nitrogen and oxygen atoms in total. The molecule has 1 fully saturated rings. The smallest absolute Gasteiger partial charge is 0.119 e. The largest absolute Gasteiger partial charge is 0.494 e. The fraction of sp³-hybridized carbons (Fsp3) is 0.908. The van der Waals surface area contributed by atoms with E-state index in [-0.39, 0.29) is 24.8 Å². The summed E-state index contributed by atoms with van der Waals surface area (Å²) in [5.74, 6) is 1.84. The van der Waals surface area contributed by atoms with Crippen molar-refractivity contribution in [2.75, 3.05) is 65.7 Å². The lowest BCUT2D eigenvalue weighted by atomic mass is 10.0. The molecule has 7 heteroatoms. The molecule has 0 spiro atoms. The highest BCUT2D eigenvalue weighted by Gasteiger charge is 2.10. The van der Waals surface area contributed by atoms with Gasteiger partial charge in [0.15, 0.2) is 0 Å². The van der Waals surface area contributed by atoms with Crippen molar-refractivity contribution >= 4 is 24.8 Å². The van der Waals surface area contributed by atoms with Gasteiger partial charge in [-0.15, -0.1) is 24.8 Å². The monoisotopic (exact) mass is 1050 g/mol. The average Bonchev–Trinajstić information content (AvgIpc) is 3.38. The lowest BCUT2D eigenvalue weighted by Crippen LogP contribution is -2.37. The zero-order valence-electron chi connectivity index (χ0n) is 49.1. The molecule has 2 rings (SSSR count). The van der Waals surface area contributed by atoms with Crippen molar-refractivity contribution in [1.82, 2.24) is 9.80 Å². The van der Waals surface area contributed by atoms with E-state index in [2.05, 4.69) is 37.5 Å². The van der Waals surface area contributed by atoms with Crippen LogP contribution in [-0.4, -0.2) is 75.5 Å². The molecular weight excluding hydrogens is 928 g/mol. The number of rotatable bonds is 54. The fourth-order valence-electron chi connectivity index (χ4n) is 10.2. The van der Waals surface area contributed by atoms with Crippen LogP contribution in [0, 0.1) is 0 Å². The molecule has 0 aromatic heterocycles. The normalized spacial score (nSPS) is 12.6. The van der Waals surface area contributed by atoms with Crippen LogP contribution < -0.4 is 9.47 Å². The van der Waals surface area contributed by atoms with Crippen molar-refractivity contribution in [2.24, 2.45) is 0 Å². The van der Waals surface area contributed by atoms with Crippen molar-refractivity contribution < 1.29 is 14.2 Å². The number of unbranched alkanes of at least 4 members (excludes halogenated alkanes) is 40. The Morgan fingerprint density at radius 1 is 0.333 bits per heavy atom. The summed E-state index contributed by atoms with van der Waals surface area (Å²) in [7, 11) is 0. The Kier molecular flexibility index (Phi) is 64.0. The van der Waals surface area contributed by atoms with Crippen LogP contribution in [0.2, 0.25) is 0 Å². The summed E-state index contributed by atoms with van der Waals surface area (Å²) in [6.07, 6.45) is 64.9. The van der Waals surface area contributed by atoms with Crippen molar-refractivity contribution in [3.63, 3.8) is 0 Å². The van der Waals surface area contributed by atoms with Crippen molar-refractivity contribution in [3.05, 3.63) is 24.3 Å². The molecule has 0 unspecified atom stereocenters. The summed E-state index contributed by atoms with van der Waals surface area (Å²) >= 11 is 0. The SMILES string of the molecule is CCCCCCCCCCCCCCCCN(CCCCCCCCCCCCCCCC)CCCCCCCCCCCCCCCC.CCCCOc1ccc(OCCCN2CCOCC2)cc1.Cl.Cl. The Labute approximate surface area is 464 Å². The molecule has 1 aliphatic heterocycles. The summed E-state index contributed by atoms with van der Waals surface area (Å²) in [6, 6.07) is 7.92. The lowest BCUT2D eigenvalue weighted by Gasteiger charge is -2.26. The summed E-state index contributed by atoms with van der Waals surface area (Å²) in [4.78, 5) is 5.30. The Bertz CT molecular complexity index is 1030. The number of hydrogen-bond acceptors (Lipinski definition) is 5. The van der Waals surface area contributed by atoms with E-state index in [1.807, 2.05) is 24.3 Å². The standard InChI is InChI=1S/C48H99N.C17H27NO3.2ClH/c1-4-7-10-13-16-19-22-25-28-31-34-37-40-43-46-49(47-44-41-38-35-32-29-26-23-20-17-14-11-8-5-2)48-45-42-39-36-33-30-27-24-21-18-15-12-9-6-3;1-2-3-12-20-16-5-7-17(8-6-16)21-13-4-9-18-10-14-19-15-11-18;;/h4-48H2,1-3H3;5-8H,2-4,9-15H2,1H3;2*1H. The Morgan fingerprint density at radius 3 is 0.833 bits per heavy atom. The number of halogens is 2. The van der Waals surface area contributed by atoms with Gasteiger partial charge in [-0.05, 0) is 76.0 Å². The van der Waals surface area contributed by atoms with Gasteiger partial charge >= 0.3 is 0 Å². The first-order valence-corrected chi connectivity index (χ1v) is 32.1. The van der Waals surface area contributed by atoms with Gasteiger partial charge in [0.2, 0.25) is 0 Å². The topological polar surface area (TPSA) is 34.2 Å². The highest BCUT2D eigenvalue weighted by Crippen LogP contribution is 2.20. The minimum absolute atomic E-state index is 0. The third kappa shape index (κ3) is 54.1. The minimum atomic E-state index is 0. The molecule has 0 atom stereocenters. The highest BCUT2D eigenvalue weighted by molar-refractivity contribution is 5.85. The van der Waals surface area contributed by atoms with Crippen LogP contribution in [0.5, 0.6) is 11.5 Å². The number of morpholine rings is 1. The van der Waals surface area contributed by atoms with E-state index >= 15 is 0 Å². The van der Waals surface area contributed by atoms with E-state index < -0.39 is 0 Å². The molecule has 1 saturated heterocycles. The van der Waals surface area contributed by atoms with Crippen LogP contribution in [0.15, 0.2) is 24.3 Å². The third-order valence-electron chi connectivity index (χ3n) is 15.1. The average molecular weight is 1060 g/mol. The van der Waals surface area contributed by atoms with Gasteiger partial charge in [0.05, 0.1) is 26.4 Å². The molecule has 1 aromatic rings. The van der Waals surface area contributed by atoms with Gasteiger partial charge in [0.25, 0.3) is 0 Å². The van der Waals surface area contributed by atoms with Gasteiger partial charge in [-0.25, -0.2) is 0 Å². The molecule has 1 heterocycles. The van der Waals surface area contributed by atoms with Crippen molar-refractivity contribution in [1.29, 1.82) is 0 Å². The van der Waals surface area contributed by atoms with Crippen LogP contribution in [-0.2, 0) is 4.74 Å².